The summed E-state index contributed by atoms with van der Waals surface area (Å²) in [6.07, 6.45) is 24.7. The molecule has 0 saturated carbocycles. The monoisotopic (exact) mass is 561 g/mol. The summed E-state index contributed by atoms with van der Waals surface area (Å²) in [6, 6.07) is 5.55. The third kappa shape index (κ3) is 21.6. The molecule has 0 aliphatic rings. The minimum Gasteiger partial charge on any atom is -0.550 e. The number of esters is 1. The molecule has 0 N–H and O–H groups in total. The first-order chi connectivity index (χ1) is 19.5. The van der Waals surface area contributed by atoms with Gasteiger partial charge in [0.25, 0.3) is 0 Å². The topological polar surface area (TPSA) is 84.9 Å². The summed E-state index contributed by atoms with van der Waals surface area (Å²) in [6.45, 7) is 5.72. The molecule has 1 aromatic rings. The average molecular weight is 562 g/mol. The zero-order valence-electron chi connectivity index (χ0n) is 25.7. The van der Waals surface area contributed by atoms with E-state index in [1.807, 2.05) is 18.2 Å². The normalized spacial score (nSPS) is 10.9. The number of rotatable bonds is 28. The van der Waals surface area contributed by atoms with Crippen molar-refractivity contribution < 1.29 is 28.9 Å². The van der Waals surface area contributed by atoms with E-state index in [0.29, 0.717) is 30.3 Å². The molecule has 6 heteroatoms. The van der Waals surface area contributed by atoms with Crippen molar-refractivity contribution in [3.63, 3.8) is 0 Å². The Balaban J connectivity index is 2.38. The minimum atomic E-state index is -1.45. The molecule has 230 valence electrons. The predicted molar refractivity (Wildman–Crippen MR) is 161 cm³/mol. The molecule has 1 aromatic carbocycles. The van der Waals surface area contributed by atoms with Crippen molar-refractivity contribution in [1.82, 2.24) is 0 Å². The van der Waals surface area contributed by atoms with E-state index < -0.39 is 18.4 Å². The lowest BCUT2D eigenvalue weighted by molar-refractivity contribution is -0.305. The van der Waals surface area contributed by atoms with E-state index in [1.165, 1.54) is 103 Å². The number of hydrogen-bond acceptors (Lipinski definition) is 6. The molecule has 0 aromatic heterocycles. The van der Waals surface area contributed by atoms with Crippen LogP contribution in [0.2, 0.25) is 0 Å². The first-order valence-corrected chi connectivity index (χ1v) is 16.3. The lowest BCUT2D eigenvalue weighted by atomic mass is 10.1. The van der Waals surface area contributed by atoms with Crippen LogP contribution in [0, 0.1) is 0 Å². The Bertz CT molecular complexity index is 719. The first-order valence-electron chi connectivity index (χ1n) is 16.3. The maximum atomic E-state index is 11.7. The predicted octanol–water partition coefficient (Wildman–Crippen LogP) is 8.47. The molecular weight excluding hydrogens is 504 g/mol. The van der Waals surface area contributed by atoms with Gasteiger partial charge in [0.1, 0.15) is 18.1 Å². The fraction of sp³-hybridized carbons (Fsp3) is 0.765. The Morgan fingerprint density at radius 3 is 1.32 bits per heavy atom. The van der Waals surface area contributed by atoms with Gasteiger partial charge in [0.15, 0.2) is 0 Å². The third-order valence-corrected chi connectivity index (χ3v) is 7.16. The van der Waals surface area contributed by atoms with Crippen LogP contribution >= 0.6 is 0 Å². The van der Waals surface area contributed by atoms with Crippen molar-refractivity contribution >= 4 is 11.9 Å². The second-order valence-corrected chi connectivity index (χ2v) is 11.1. The van der Waals surface area contributed by atoms with Gasteiger partial charge in [-0.2, -0.15) is 0 Å². The Labute approximate surface area is 244 Å². The van der Waals surface area contributed by atoms with Crippen molar-refractivity contribution in [2.75, 3.05) is 13.2 Å². The number of carboxylic acid groups (broad SMARTS) is 1. The van der Waals surface area contributed by atoms with Gasteiger partial charge in [-0.1, -0.05) is 129 Å². The van der Waals surface area contributed by atoms with Gasteiger partial charge in [-0.05, 0) is 30.5 Å². The minimum absolute atomic E-state index is 0.0316. The zero-order valence-corrected chi connectivity index (χ0v) is 25.7. The summed E-state index contributed by atoms with van der Waals surface area (Å²) in [4.78, 5) is 22.3. The van der Waals surface area contributed by atoms with Crippen molar-refractivity contribution in [1.29, 1.82) is 0 Å². The van der Waals surface area contributed by atoms with Crippen molar-refractivity contribution in [2.24, 2.45) is 0 Å². The van der Waals surface area contributed by atoms with Crippen LogP contribution in [0.1, 0.15) is 154 Å². The van der Waals surface area contributed by atoms with E-state index in [9.17, 15) is 14.7 Å². The number of carbonyl (C=O) groups excluding carboxylic acids is 2. The molecule has 0 atom stereocenters. The number of unbranched alkanes of at least 4 members (excludes halogenated alkanes) is 18. The van der Waals surface area contributed by atoms with Crippen molar-refractivity contribution in [3.8, 4) is 11.5 Å². The van der Waals surface area contributed by atoms with Crippen LogP contribution in [0.3, 0.4) is 0 Å². The van der Waals surface area contributed by atoms with Crippen molar-refractivity contribution in [2.45, 2.75) is 155 Å². The van der Waals surface area contributed by atoms with Gasteiger partial charge in [0.2, 0.25) is 0 Å². The molecule has 6 nitrogen and oxygen atoms in total. The lowest BCUT2D eigenvalue weighted by Crippen LogP contribution is -2.26. The Hall–Kier alpha value is -2.24. The summed E-state index contributed by atoms with van der Waals surface area (Å²) < 4.78 is 17.1. The largest absolute Gasteiger partial charge is 0.550 e. The van der Waals surface area contributed by atoms with Crippen LogP contribution < -0.4 is 14.6 Å². The smallest absolute Gasteiger partial charge is 0.311 e. The molecule has 0 aliphatic heterocycles. The summed E-state index contributed by atoms with van der Waals surface area (Å²) >= 11 is 0. The summed E-state index contributed by atoms with van der Waals surface area (Å²) in [7, 11) is 0. The second kappa shape index (κ2) is 25.7. The fourth-order valence-electron chi connectivity index (χ4n) is 4.77. The van der Waals surface area contributed by atoms with E-state index >= 15 is 0 Å². The standard InChI is InChI=1S/C34H58O6/c1-3-5-7-9-11-13-15-17-19-21-23-38-31-25-30(29-40-34(37)28-33(35)36)26-32(27-31)39-24-22-20-18-16-14-12-10-8-6-4-2/h25-27H,3-24,28-29H2,1-2H3,(H,35,36)/p-1. The lowest BCUT2D eigenvalue weighted by Gasteiger charge is -2.13. The molecule has 0 aliphatic carbocycles. The van der Waals surface area contributed by atoms with Crippen LogP contribution in [0.25, 0.3) is 0 Å². The Kier molecular flexibility index (Phi) is 23.0. The zero-order chi connectivity index (χ0) is 29.1. The van der Waals surface area contributed by atoms with Crippen molar-refractivity contribution in [3.05, 3.63) is 23.8 Å². The number of benzene rings is 1. The molecule has 0 spiro atoms. The highest BCUT2D eigenvalue weighted by atomic mass is 16.5. The van der Waals surface area contributed by atoms with Gasteiger partial charge in [-0.3, -0.25) is 4.79 Å². The van der Waals surface area contributed by atoms with Gasteiger partial charge < -0.3 is 24.1 Å². The van der Waals surface area contributed by atoms with Gasteiger partial charge in [0.05, 0.1) is 25.6 Å². The van der Waals surface area contributed by atoms with Crippen LogP contribution in [-0.2, 0) is 20.9 Å². The third-order valence-electron chi connectivity index (χ3n) is 7.16. The SMILES string of the molecule is CCCCCCCCCCCCOc1cc(COC(=O)CC(=O)[O-])cc(OCCCCCCCCCCCC)c1. The number of carbonyl (C=O) groups is 2. The Morgan fingerprint density at radius 1 is 0.575 bits per heavy atom. The van der Waals surface area contributed by atoms with E-state index in [4.69, 9.17) is 14.2 Å². The molecule has 0 heterocycles. The van der Waals surface area contributed by atoms with Gasteiger partial charge in [-0.15, -0.1) is 0 Å². The molecule has 0 saturated heterocycles. The van der Waals surface area contributed by atoms with Crippen LogP contribution in [0.5, 0.6) is 11.5 Å². The molecule has 0 bridgehead atoms. The number of hydrogen-bond donors (Lipinski definition) is 0. The van der Waals surface area contributed by atoms with E-state index in [1.54, 1.807) is 0 Å². The summed E-state index contributed by atoms with van der Waals surface area (Å²) in [5.74, 6) is -0.895. The van der Waals surface area contributed by atoms with Gasteiger partial charge in [-0.25, -0.2) is 0 Å². The molecule has 0 radical (unpaired) electrons. The summed E-state index contributed by atoms with van der Waals surface area (Å²) in [5, 5.41) is 10.6. The highest BCUT2D eigenvalue weighted by Gasteiger charge is 2.08. The number of ether oxygens (including phenoxy) is 3. The second-order valence-electron chi connectivity index (χ2n) is 11.1. The highest BCUT2D eigenvalue weighted by Crippen LogP contribution is 2.25. The van der Waals surface area contributed by atoms with E-state index in [-0.39, 0.29) is 6.61 Å². The average Bonchev–Trinajstić information content (AvgIpc) is 2.93. The quantitative estimate of drug-likeness (QED) is 0.0579. The molecule has 1 rings (SSSR count). The number of aliphatic carboxylic acids is 1. The maximum absolute atomic E-state index is 11.7. The molecule has 40 heavy (non-hydrogen) atoms. The first kappa shape index (κ1) is 35.8. The van der Waals surface area contributed by atoms with E-state index in [2.05, 4.69) is 13.8 Å². The van der Waals surface area contributed by atoms with E-state index in [0.717, 1.165) is 25.7 Å². The summed E-state index contributed by atoms with van der Waals surface area (Å²) in [5.41, 5.74) is 0.713. The molecule has 0 amide bonds. The van der Waals surface area contributed by atoms with Crippen LogP contribution in [0.4, 0.5) is 0 Å². The molecule has 0 fully saturated rings. The highest BCUT2D eigenvalue weighted by molar-refractivity contribution is 5.89. The fourth-order valence-corrected chi connectivity index (χ4v) is 4.77. The van der Waals surface area contributed by atoms with Crippen LogP contribution in [0.15, 0.2) is 18.2 Å². The maximum Gasteiger partial charge on any atom is 0.311 e. The Morgan fingerprint density at radius 2 is 0.950 bits per heavy atom. The van der Waals surface area contributed by atoms with Gasteiger partial charge >= 0.3 is 5.97 Å². The molecule has 0 unspecified atom stereocenters. The van der Waals surface area contributed by atoms with Crippen LogP contribution in [-0.4, -0.2) is 25.2 Å². The molecular formula is C34H57O6-. The van der Waals surface area contributed by atoms with Gasteiger partial charge in [0, 0.05) is 6.07 Å². The number of carboxylic acids is 1.